The van der Waals surface area contributed by atoms with Crippen LogP contribution in [0.25, 0.3) is 0 Å². The van der Waals surface area contributed by atoms with Crippen molar-refractivity contribution in [3.8, 4) is 0 Å². The number of aliphatic hydroxyl groups excluding tert-OH is 1. The number of nitrogens with one attached hydrogen (secondary N) is 1. The van der Waals surface area contributed by atoms with E-state index in [1.54, 1.807) is 0 Å². The van der Waals surface area contributed by atoms with Crippen LogP contribution in [-0.4, -0.2) is 18.3 Å². The largest absolute Gasteiger partial charge is 0.396 e. The summed E-state index contributed by atoms with van der Waals surface area (Å²) < 4.78 is 0. The highest BCUT2D eigenvalue weighted by atomic mass is 16.2. The summed E-state index contributed by atoms with van der Waals surface area (Å²) in [6.07, 6.45) is 4.40. The molecule has 0 fully saturated rings. The number of hydrogen-bond donors (Lipinski definition) is 2. The highest BCUT2D eigenvalue weighted by Gasteiger charge is 2.16. The van der Waals surface area contributed by atoms with Gasteiger partial charge in [0, 0.05) is 18.8 Å². The molecule has 2 nitrogen and oxygen atoms in total. The quantitative estimate of drug-likeness (QED) is 0.717. The van der Waals surface area contributed by atoms with Crippen molar-refractivity contribution in [3.05, 3.63) is 29.8 Å². The monoisotopic (exact) mass is 249 g/mol. The van der Waals surface area contributed by atoms with E-state index in [4.69, 9.17) is 5.11 Å². The van der Waals surface area contributed by atoms with Crippen LogP contribution < -0.4 is 5.32 Å². The van der Waals surface area contributed by atoms with E-state index in [1.165, 1.54) is 24.1 Å². The molecule has 0 aliphatic heterocycles. The maximum absolute atomic E-state index is 8.71. The molecular weight excluding hydrogens is 222 g/mol. The number of anilines is 1. The van der Waals surface area contributed by atoms with Gasteiger partial charge in [-0.25, -0.2) is 0 Å². The van der Waals surface area contributed by atoms with Crippen molar-refractivity contribution in [1.29, 1.82) is 0 Å². The summed E-state index contributed by atoms with van der Waals surface area (Å²) in [4.78, 5) is 0. The molecule has 18 heavy (non-hydrogen) atoms. The molecule has 0 heterocycles. The van der Waals surface area contributed by atoms with Crippen LogP contribution >= 0.6 is 0 Å². The maximum Gasteiger partial charge on any atom is 0.0431 e. The third-order valence-electron chi connectivity index (χ3n) is 3.14. The molecule has 0 atom stereocenters. The summed E-state index contributed by atoms with van der Waals surface area (Å²) in [6, 6.07) is 8.55. The van der Waals surface area contributed by atoms with Crippen LogP contribution in [0.5, 0.6) is 0 Å². The van der Waals surface area contributed by atoms with Gasteiger partial charge in [0.2, 0.25) is 0 Å². The van der Waals surface area contributed by atoms with Crippen LogP contribution in [0.1, 0.15) is 52.0 Å². The Labute approximate surface area is 111 Å². The van der Waals surface area contributed by atoms with Crippen molar-refractivity contribution in [2.75, 3.05) is 18.5 Å². The number of hydrogen-bond acceptors (Lipinski definition) is 2. The molecule has 0 unspecified atom stereocenters. The first-order valence-electron chi connectivity index (χ1n) is 7.00. The minimum absolute atomic E-state index is 0.181. The predicted octanol–water partition coefficient (Wildman–Crippen LogP) is 3.95. The highest BCUT2D eigenvalue weighted by Crippen LogP contribution is 2.29. The molecule has 0 amide bonds. The number of aliphatic hydroxyl groups is 1. The van der Waals surface area contributed by atoms with Gasteiger partial charge in [-0.3, -0.25) is 0 Å². The molecule has 1 rings (SSSR count). The summed E-state index contributed by atoms with van der Waals surface area (Å²) in [5.74, 6) is 0. The molecule has 0 radical (unpaired) electrons. The van der Waals surface area contributed by atoms with Crippen molar-refractivity contribution in [2.24, 2.45) is 0 Å². The summed E-state index contributed by atoms with van der Waals surface area (Å²) in [7, 11) is 0. The zero-order valence-corrected chi connectivity index (χ0v) is 12.0. The fraction of sp³-hybridized carbons (Fsp3) is 0.625. The maximum atomic E-state index is 8.71. The molecule has 1 aromatic rings. The minimum atomic E-state index is 0.181. The van der Waals surface area contributed by atoms with Gasteiger partial charge < -0.3 is 10.4 Å². The molecule has 0 saturated carbocycles. The lowest BCUT2D eigenvalue weighted by Gasteiger charge is -2.23. The van der Waals surface area contributed by atoms with Crippen molar-refractivity contribution in [3.63, 3.8) is 0 Å². The lowest BCUT2D eigenvalue weighted by molar-refractivity contribution is 0.283. The van der Waals surface area contributed by atoms with Gasteiger partial charge in [0.25, 0.3) is 0 Å². The van der Waals surface area contributed by atoms with Crippen molar-refractivity contribution >= 4 is 5.69 Å². The zero-order valence-electron chi connectivity index (χ0n) is 12.0. The molecule has 0 spiro atoms. The van der Waals surface area contributed by atoms with Crippen LogP contribution in [0.3, 0.4) is 0 Å². The number of benzene rings is 1. The summed E-state index contributed by atoms with van der Waals surface area (Å²) in [6.45, 7) is 8.07. The number of unbranched alkanes of at least 4 members (excludes halogenated alkanes) is 3. The first-order chi connectivity index (χ1) is 8.55. The fourth-order valence-electron chi connectivity index (χ4n) is 2.10. The highest BCUT2D eigenvalue weighted by molar-refractivity contribution is 5.54. The Bertz CT molecular complexity index is 341. The van der Waals surface area contributed by atoms with Crippen molar-refractivity contribution in [1.82, 2.24) is 0 Å². The van der Waals surface area contributed by atoms with Crippen LogP contribution in [0.2, 0.25) is 0 Å². The van der Waals surface area contributed by atoms with Crippen LogP contribution in [-0.2, 0) is 5.41 Å². The first-order valence-corrected chi connectivity index (χ1v) is 7.00. The van der Waals surface area contributed by atoms with Crippen molar-refractivity contribution in [2.45, 2.75) is 51.9 Å². The van der Waals surface area contributed by atoms with Gasteiger partial charge in [-0.15, -0.1) is 0 Å². The molecule has 2 heteroatoms. The second kappa shape index (κ2) is 7.42. The average Bonchev–Trinajstić information content (AvgIpc) is 2.33. The lowest BCUT2D eigenvalue weighted by atomic mass is 9.86. The molecule has 0 aliphatic carbocycles. The third kappa shape index (κ3) is 5.09. The van der Waals surface area contributed by atoms with Gasteiger partial charge in [0.05, 0.1) is 0 Å². The Hall–Kier alpha value is -1.02. The average molecular weight is 249 g/mol. The van der Waals surface area contributed by atoms with Crippen LogP contribution in [0.15, 0.2) is 24.3 Å². The van der Waals surface area contributed by atoms with E-state index < -0.39 is 0 Å². The van der Waals surface area contributed by atoms with E-state index >= 15 is 0 Å². The molecule has 0 aromatic heterocycles. The third-order valence-corrected chi connectivity index (χ3v) is 3.14. The van der Waals surface area contributed by atoms with Gasteiger partial charge in [-0.1, -0.05) is 51.8 Å². The molecule has 0 aliphatic rings. The van der Waals surface area contributed by atoms with E-state index in [-0.39, 0.29) is 5.41 Å². The van der Waals surface area contributed by atoms with Crippen LogP contribution in [0.4, 0.5) is 5.69 Å². The smallest absolute Gasteiger partial charge is 0.0431 e. The molecule has 0 bridgehead atoms. The van der Waals surface area contributed by atoms with Gasteiger partial charge in [-0.2, -0.15) is 0 Å². The minimum Gasteiger partial charge on any atom is -0.396 e. The normalized spacial score (nSPS) is 11.6. The SMILES string of the molecule is CC(C)(C)c1ccccc1NCCCCCCO. The molecule has 1 aromatic carbocycles. The molecule has 0 saturated heterocycles. The lowest BCUT2D eigenvalue weighted by Crippen LogP contribution is -2.15. The summed E-state index contributed by atoms with van der Waals surface area (Å²) >= 11 is 0. The topological polar surface area (TPSA) is 32.3 Å². The summed E-state index contributed by atoms with van der Waals surface area (Å²) in [5.41, 5.74) is 2.81. The Morgan fingerprint density at radius 2 is 1.67 bits per heavy atom. The molecular formula is C16H27NO. The van der Waals surface area contributed by atoms with E-state index in [2.05, 4.69) is 50.4 Å². The Morgan fingerprint density at radius 1 is 1.00 bits per heavy atom. The van der Waals surface area contributed by atoms with E-state index in [0.29, 0.717) is 6.61 Å². The van der Waals surface area contributed by atoms with E-state index in [1.807, 2.05) is 0 Å². The fourth-order valence-corrected chi connectivity index (χ4v) is 2.10. The number of rotatable bonds is 7. The van der Waals surface area contributed by atoms with Gasteiger partial charge in [-0.05, 0) is 29.9 Å². The Kier molecular flexibility index (Phi) is 6.20. The molecule has 102 valence electrons. The Balaban J connectivity index is 2.43. The van der Waals surface area contributed by atoms with Gasteiger partial charge in [0.1, 0.15) is 0 Å². The van der Waals surface area contributed by atoms with Crippen LogP contribution in [0, 0.1) is 0 Å². The number of para-hydroxylation sites is 1. The second-order valence-electron chi connectivity index (χ2n) is 5.86. The predicted molar refractivity (Wildman–Crippen MR) is 79.2 cm³/mol. The van der Waals surface area contributed by atoms with E-state index in [9.17, 15) is 0 Å². The van der Waals surface area contributed by atoms with Gasteiger partial charge >= 0.3 is 0 Å². The first kappa shape index (κ1) is 15.0. The van der Waals surface area contributed by atoms with Gasteiger partial charge in [0.15, 0.2) is 0 Å². The molecule has 2 N–H and O–H groups in total. The standard InChI is InChI=1S/C16H27NO/c1-16(2,3)14-10-6-7-11-15(14)17-12-8-4-5-9-13-18/h6-7,10-11,17-18H,4-5,8-9,12-13H2,1-3H3. The zero-order chi connectivity index (χ0) is 13.4. The summed E-state index contributed by atoms with van der Waals surface area (Å²) in [5, 5.41) is 12.2. The second-order valence-corrected chi connectivity index (χ2v) is 5.86. The van der Waals surface area contributed by atoms with Crippen molar-refractivity contribution < 1.29 is 5.11 Å². The Morgan fingerprint density at radius 3 is 2.33 bits per heavy atom. The van der Waals surface area contributed by atoms with E-state index in [0.717, 1.165) is 19.4 Å².